The monoisotopic (exact) mass is 218 g/mol. The van der Waals surface area contributed by atoms with E-state index in [1.165, 1.54) is 7.11 Å². The first-order chi connectivity index (χ1) is 7.65. The van der Waals surface area contributed by atoms with Crippen LogP contribution in [-0.4, -0.2) is 23.3 Å². The molecular formula is C12H10O4. The Morgan fingerprint density at radius 3 is 2.38 bits per heavy atom. The Morgan fingerprint density at radius 2 is 1.75 bits per heavy atom. The second-order valence-corrected chi connectivity index (χ2v) is 3.33. The molecule has 0 saturated carbocycles. The number of carbonyl (C=O) groups excluding carboxylic acids is 1. The minimum atomic E-state index is -0.631. The molecule has 2 aromatic rings. The van der Waals surface area contributed by atoms with Crippen molar-refractivity contribution in [2.75, 3.05) is 7.11 Å². The summed E-state index contributed by atoms with van der Waals surface area (Å²) >= 11 is 0. The third-order valence-corrected chi connectivity index (χ3v) is 2.39. The van der Waals surface area contributed by atoms with Crippen molar-refractivity contribution in [2.45, 2.75) is 0 Å². The molecule has 0 aliphatic heterocycles. The second kappa shape index (κ2) is 3.73. The summed E-state index contributed by atoms with van der Waals surface area (Å²) in [6.07, 6.45) is 0. The highest BCUT2D eigenvalue weighted by atomic mass is 16.5. The quantitative estimate of drug-likeness (QED) is 0.719. The van der Waals surface area contributed by atoms with Gasteiger partial charge in [-0.3, -0.25) is 0 Å². The summed E-state index contributed by atoms with van der Waals surface area (Å²) in [5, 5.41) is 20.2. The van der Waals surface area contributed by atoms with Crippen LogP contribution in [0.1, 0.15) is 10.4 Å². The van der Waals surface area contributed by atoms with E-state index in [9.17, 15) is 15.0 Å². The molecule has 2 aromatic carbocycles. The number of hydrogen-bond donors (Lipinski definition) is 2. The van der Waals surface area contributed by atoms with Gasteiger partial charge >= 0.3 is 5.97 Å². The predicted octanol–water partition coefficient (Wildman–Crippen LogP) is 2.04. The fourth-order valence-corrected chi connectivity index (χ4v) is 1.66. The molecule has 16 heavy (non-hydrogen) atoms. The smallest absolute Gasteiger partial charge is 0.342 e. The van der Waals surface area contributed by atoms with Crippen LogP contribution in [0.25, 0.3) is 10.8 Å². The topological polar surface area (TPSA) is 66.8 Å². The molecule has 4 nitrogen and oxygen atoms in total. The number of phenols is 2. The average molecular weight is 218 g/mol. The van der Waals surface area contributed by atoms with Crippen LogP contribution < -0.4 is 0 Å². The van der Waals surface area contributed by atoms with E-state index >= 15 is 0 Å². The Kier molecular flexibility index (Phi) is 2.40. The fraction of sp³-hybridized carbons (Fsp3) is 0.0833. The lowest BCUT2D eigenvalue weighted by molar-refractivity contribution is 0.0600. The van der Waals surface area contributed by atoms with E-state index in [4.69, 9.17) is 0 Å². The van der Waals surface area contributed by atoms with Gasteiger partial charge in [0.05, 0.1) is 7.11 Å². The number of hydrogen-bond acceptors (Lipinski definition) is 4. The number of methoxy groups -OCH3 is 1. The summed E-state index contributed by atoms with van der Waals surface area (Å²) in [6.45, 7) is 0. The lowest BCUT2D eigenvalue weighted by Crippen LogP contribution is -2.02. The third kappa shape index (κ3) is 1.44. The number of phenolic OH excluding ortho intramolecular Hbond substituents is 2. The minimum Gasteiger partial charge on any atom is -0.507 e. The van der Waals surface area contributed by atoms with Crippen LogP contribution in [0.15, 0.2) is 30.3 Å². The van der Waals surface area contributed by atoms with Gasteiger partial charge in [-0.15, -0.1) is 0 Å². The van der Waals surface area contributed by atoms with Gasteiger partial charge in [0.15, 0.2) is 0 Å². The van der Waals surface area contributed by atoms with Gasteiger partial charge in [-0.25, -0.2) is 4.79 Å². The first-order valence-corrected chi connectivity index (χ1v) is 4.67. The van der Waals surface area contributed by atoms with Crippen molar-refractivity contribution in [1.82, 2.24) is 0 Å². The average Bonchev–Trinajstić information content (AvgIpc) is 2.28. The van der Waals surface area contributed by atoms with Gasteiger partial charge in [0.25, 0.3) is 0 Å². The van der Waals surface area contributed by atoms with Gasteiger partial charge in [0.1, 0.15) is 17.1 Å². The first kappa shape index (κ1) is 10.3. The minimum absolute atomic E-state index is 0.0656. The normalized spacial score (nSPS) is 10.3. The Bertz CT molecular complexity index is 560. The largest absolute Gasteiger partial charge is 0.507 e. The van der Waals surface area contributed by atoms with Crippen LogP contribution in [0.2, 0.25) is 0 Å². The van der Waals surface area contributed by atoms with Gasteiger partial charge in [0, 0.05) is 16.8 Å². The van der Waals surface area contributed by atoms with Crippen LogP contribution in [0.4, 0.5) is 0 Å². The van der Waals surface area contributed by atoms with Crippen LogP contribution in [-0.2, 0) is 4.74 Å². The Morgan fingerprint density at radius 1 is 1.12 bits per heavy atom. The molecule has 82 valence electrons. The van der Waals surface area contributed by atoms with Crippen LogP contribution in [0, 0.1) is 0 Å². The van der Waals surface area contributed by atoms with Gasteiger partial charge in [-0.05, 0) is 0 Å². The van der Waals surface area contributed by atoms with E-state index in [1.807, 2.05) is 0 Å². The molecular weight excluding hydrogens is 208 g/mol. The van der Waals surface area contributed by atoms with Crippen LogP contribution >= 0.6 is 0 Å². The first-order valence-electron chi connectivity index (χ1n) is 4.67. The number of aromatic hydroxyl groups is 2. The standard InChI is InChI=1S/C12H10O4/c1-16-12(15)11-8-5-3-2-4-7(8)9(13)6-10(11)14/h2-6,13-14H,1H3. The molecule has 0 aliphatic rings. The summed E-state index contributed by atoms with van der Waals surface area (Å²) in [6, 6.07) is 7.89. The van der Waals surface area contributed by atoms with Crippen LogP contribution in [0.3, 0.4) is 0 Å². The molecule has 0 unspecified atom stereocenters. The highest BCUT2D eigenvalue weighted by Gasteiger charge is 2.17. The van der Waals surface area contributed by atoms with E-state index in [0.717, 1.165) is 6.07 Å². The highest BCUT2D eigenvalue weighted by Crippen LogP contribution is 2.34. The maximum atomic E-state index is 11.5. The van der Waals surface area contributed by atoms with E-state index in [1.54, 1.807) is 24.3 Å². The van der Waals surface area contributed by atoms with E-state index in [0.29, 0.717) is 10.8 Å². The maximum absolute atomic E-state index is 11.5. The lowest BCUT2D eigenvalue weighted by atomic mass is 10.0. The summed E-state index contributed by atoms with van der Waals surface area (Å²) in [5.41, 5.74) is 0.0656. The molecule has 0 amide bonds. The van der Waals surface area contributed by atoms with Crippen molar-refractivity contribution in [1.29, 1.82) is 0 Å². The molecule has 0 bridgehead atoms. The maximum Gasteiger partial charge on any atom is 0.342 e. The lowest BCUT2D eigenvalue weighted by Gasteiger charge is -2.08. The number of benzene rings is 2. The Balaban J connectivity index is 2.87. The van der Waals surface area contributed by atoms with Crippen molar-refractivity contribution in [2.24, 2.45) is 0 Å². The molecule has 0 heterocycles. The molecule has 0 aliphatic carbocycles. The Hall–Kier alpha value is -2.23. The molecule has 0 saturated heterocycles. The zero-order valence-electron chi connectivity index (χ0n) is 8.60. The number of fused-ring (bicyclic) bond motifs is 1. The van der Waals surface area contributed by atoms with Crippen LogP contribution in [0.5, 0.6) is 11.5 Å². The van der Waals surface area contributed by atoms with Gasteiger partial charge in [0.2, 0.25) is 0 Å². The highest BCUT2D eigenvalue weighted by molar-refractivity contribution is 6.08. The molecule has 4 heteroatoms. The molecule has 0 fully saturated rings. The third-order valence-electron chi connectivity index (χ3n) is 2.39. The number of carbonyl (C=O) groups is 1. The van der Waals surface area contributed by atoms with Crippen molar-refractivity contribution in [3.05, 3.63) is 35.9 Å². The predicted molar refractivity (Wildman–Crippen MR) is 58.6 cm³/mol. The van der Waals surface area contributed by atoms with Gasteiger partial charge in [-0.2, -0.15) is 0 Å². The second-order valence-electron chi connectivity index (χ2n) is 3.33. The molecule has 2 rings (SSSR count). The van der Waals surface area contributed by atoms with Crippen molar-refractivity contribution in [3.63, 3.8) is 0 Å². The van der Waals surface area contributed by atoms with E-state index < -0.39 is 5.97 Å². The molecule has 0 atom stereocenters. The fourth-order valence-electron chi connectivity index (χ4n) is 1.66. The van der Waals surface area contributed by atoms with Crippen molar-refractivity contribution in [3.8, 4) is 11.5 Å². The van der Waals surface area contributed by atoms with Crippen molar-refractivity contribution < 1.29 is 19.7 Å². The van der Waals surface area contributed by atoms with Crippen molar-refractivity contribution >= 4 is 16.7 Å². The summed E-state index contributed by atoms with van der Waals surface area (Å²) in [7, 11) is 1.24. The molecule has 0 aromatic heterocycles. The van der Waals surface area contributed by atoms with Gasteiger partial charge < -0.3 is 14.9 Å². The zero-order valence-corrected chi connectivity index (χ0v) is 8.60. The molecule has 2 N–H and O–H groups in total. The van der Waals surface area contributed by atoms with E-state index in [2.05, 4.69) is 4.74 Å². The SMILES string of the molecule is COC(=O)c1c(O)cc(O)c2ccccc12. The summed E-state index contributed by atoms with van der Waals surface area (Å²) in [5.74, 6) is -0.988. The van der Waals surface area contributed by atoms with Gasteiger partial charge in [-0.1, -0.05) is 24.3 Å². The Labute approximate surface area is 91.7 Å². The molecule has 0 radical (unpaired) electrons. The number of ether oxygens (including phenoxy) is 1. The number of rotatable bonds is 1. The number of esters is 1. The summed E-state index contributed by atoms with van der Waals surface area (Å²) in [4.78, 5) is 11.5. The van der Waals surface area contributed by atoms with E-state index in [-0.39, 0.29) is 17.1 Å². The molecule has 0 spiro atoms. The summed E-state index contributed by atoms with van der Waals surface area (Å²) < 4.78 is 4.58. The zero-order chi connectivity index (χ0) is 11.7.